The summed E-state index contributed by atoms with van der Waals surface area (Å²) < 4.78 is 5.27. The van der Waals surface area contributed by atoms with Crippen LogP contribution >= 0.6 is 0 Å². The highest BCUT2D eigenvalue weighted by Gasteiger charge is 2.58. The molecule has 0 N–H and O–H groups in total. The van der Waals surface area contributed by atoms with Crippen molar-refractivity contribution in [3.05, 3.63) is 58.6 Å². The molecule has 152 valence electrons. The van der Waals surface area contributed by atoms with Gasteiger partial charge in [-0.2, -0.15) is 5.10 Å². The van der Waals surface area contributed by atoms with Crippen LogP contribution in [0.3, 0.4) is 0 Å². The van der Waals surface area contributed by atoms with E-state index < -0.39 is 34.5 Å². The van der Waals surface area contributed by atoms with Gasteiger partial charge >= 0.3 is 0 Å². The number of nitro benzene ring substituents is 1. The standard InChI is InChI=1S/C20H16N4O6/c1-11(25)17-16-18(23(21-17)12-6-5-7-13(10-12)24(28)29)20(27)22(19(16)26)14-8-3-4-9-15(14)30-2/h3-10,16,18H,1-2H3. The Morgan fingerprint density at radius 1 is 1.13 bits per heavy atom. The molecule has 2 unspecified atom stereocenters. The number of carbonyl (C=O) groups excluding carboxylic acids is 3. The van der Waals surface area contributed by atoms with Crippen molar-refractivity contribution in [3.63, 3.8) is 0 Å². The molecule has 0 radical (unpaired) electrons. The number of hydrogen-bond acceptors (Lipinski definition) is 8. The van der Waals surface area contributed by atoms with Gasteiger partial charge in [-0.3, -0.25) is 29.5 Å². The molecule has 10 heteroatoms. The monoisotopic (exact) mass is 408 g/mol. The van der Waals surface area contributed by atoms with Gasteiger partial charge in [0, 0.05) is 19.1 Å². The predicted molar refractivity (Wildman–Crippen MR) is 106 cm³/mol. The zero-order valence-corrected chi connectivity index (χ0v) is 16.0. The largest absolute Gasteiger partial charge is 0.495 e. The van der Waals surface area contributed by atoms with Crippen LogP contribution in [0.15, 0.2) is 53.6 Å². The van der Waals surface area contributed by atoms with Gasteiger partial charge in [-0.25, -0.2) is 4.90 Å². The van der Waals surface area contributed by atoms with Gasteiger partial charge in [0.15, 0.2) is 5.78 Å². The lowest BCUT2D eigenvalue weighted by molar-refractivity contribution is -0.384. The number of anilines is 2. The summed E-state index contributed by atoms with van der Waals surface area (Å²) in [7, 11) is 1.42. The number of rotatable bonds is 5. The highest BCUT2D eigenvalue weighted by molar-refractivity contribution is 6.49. The molecule has 2 aliphatic rings. The third-order valence-corrected chi connectivity index (χ3v) is 5.04. The van der Waals surface area contributed by atoms with E-state index in [1.807, 2.05) is 0 Å². The smallest absolute Gasteiger partial charge is 0.271 e. The second-order valence-electron chi connectivity index (χ2n) is 6.77. The fraction of sp³-hybridized carbons (Fsp3) is 0.200. The van der Waals surface area contributed by atoms with Gasteiger partial charge in [0.05, 0.1) is 23.4 Å². The van der Waals surface area contributed by atoms with Crippen LogP contribution in [0.4, 0.5) is 17.1 Å². The van der Waals surface area contributed by atoms with E-state index in [1.165, 1.54) is 43.3 Å². The second-order valence-corrected chi connectivity index (χ2v) is 6.77. The number of nitrogens with zero attached hydrogens (tertiary/aromatic N) is 4. The van der Waals surface area contributed by atoms with E-state index in [0.29, 0.717) is 5.75 Å². The van der Waals surface area contributed by atoms with Crippen molar-refractivity contribution in [2.45, 2.75) is 13.0 Å². The number of carbonyl (C=O) groups is 3. The Morgan fingerprint density at radius 2 is 1.87 bits per heavy atom. The van der Waals surface area contributed by atoms with E-state index >= 15 is 0 Å². The minimum Gasteiger partial charge on any atom is -0.495 e. The van der Waals surface area contributed by atoms with Gasteiger partial charge in [-0.15, -0.1) is 0 Å². The summed E-state index contributed by atoms with van der Waals surface area (Å²) in [6, 6.07) is 10.9. The van der Waals surface area contributed by atoms with Crippen molar-refractivity contribution < 1.29 is 24.0 Å². The summed E-state index contributed by atoms with van der Waals surface area (Å²) in [6.07, 6.45) is 0. The first-order chi connectivity index (χ1) is 14.3. The predicted octanol–water partition coefficient (Wildman–Crippen LogP) is 1.93. The van der Waals surface area contributed by atoms with Crippen LogP contribution in [0.5, 0.6) is 5.75 Å². The molecule has 0 spiro atoms. The Bertz CT molecular complexity index is 1130. The summed E-state index contributed by atoms with van der Waals surface area (Å²) >= 11 is 0. The second kappa shape index (κ2) is 7.07. The van der Waals surface area contributed by atoms with E-state index in [-0.39, 0.29) is 22.8 Å². The van der Waals surface area contributed by atoms with E-state index in [1.54, 1.807) is 24.3 Å². The maximum absolute atomic E-state index is 13.3. The molecule has 1 saturated heterocycles. The molecule has 2 aromatic rings. The van der Waals surface area contributed by atoms with Crippen LogP contribution in [-0.4, -0.2) is 41.4 Å². The van der Waals surface area contributed by atoms with Crippen LogP contribution in [0, 0.1) is 16.0 Å². The van der Waals surface area contributed by atoms with Crippen LogP contribution in [0.2, 0.25) is 0 Å². The van der Waals surface area contributed by atoms with Crippen molar-refractivity contribution in [2.24, 2.45) is 11.0 Å². The Balaban J connectivity index is 1.83. The number of benzene rings is 2. The summed E-state index contributed by atoms with van der Waals surface area (Å²) in [5, 5.41) is 16.6. The number of Topliss-reactive ketones (excluding diaryl/α,β-unsaturated/α-hetero) is 1. The number of hydrogen-bond donors (Lipinski definition) is 0. The number of ether oxygens (including phenoxy) is 1. The highest BCUT2D eigenvalue weighted by Crippen LogP contribution is 2.40. The Labute approximate surface area is 170 Å². The maximum atomic E-state index is 13.3. The first-order valence-electron chi connectivity index (χ1n) is 8.99. The molecule has 2 aliphatic heterocycles. The van der Waals surface area contributed by atoms with Crippen LogP contribution < -0.4 is 14.6 Å². The van der Waals surface area contributed by atoms with E-state index in [4.69, 9.17) is 4.74 Å². The Hall–Kier alpha value is -4.08. The molecule has 1 fully saturated rings. The number of imide groups is 1. The van der Waals surface area contributed by atoms with Crippen molar-refractivity contribution in [1.29, 1.82) is 0 Å². The summed E-state index contributed by atoms with van der Waals surface area (Å²) in [5.41, 5.74) is 0.223. The van der Waals surface area contributed by atoms with E-state index in [9.17, 15) is 24.5 Å². The minimum atomic E-state index is -1.12. The van der Waals surface area contributed by atoms with Gasteiger partial charge < -0.3 is 4.74 Å². The molecule has 2 amide bonds. The number of methoxy groups -OCH3 is 1. The summed E-state index contributed by atoms with van der Waals surface area (Å²) in [6.45, 7) is 1.26. The van der Waals surface area contributed by atoms with Crippen molar-refractivity contribution in [3.8, 4) is 5.75 Å². The van der Waals surface area contributed by atoms with Crippen molar-refractivity contribution in [2.75, 3.05) is 17.0 Å². The number of non-ortho nitro benzene ring substituents is 1. The lowest BCUT2D eigenvalue weighted by Crippen LogP contribution is -2.39. The quantitative estimate of drug-likeness (QED) is 0.421. The molecule has 30 heavy (non-hydrogen) atoms. The third kappa shape index (κ3) is 2.81. The molecule has 0 bridgehead atoms. The topological polar surface area (TPSA) is 122 Å². The molecular formula is C20H16N4O6. The van der Waals surface area contributed by atoms with E-state index in [2.05, 4.69) is 5.10 Å². The molecule has 2 heterocycles. The number of hydrazone groups is 1. The van der Waals surface area contributed by atoms with Gasteiger partial charge in [0.2, 0.25) is 5.91 Å². The molecule has 0 aromatic heterocycles. The molecule has 0 aliphatic carbocycles. The minimum absolute atomic E-state index is 0.0674. The average molecular weight is 408 g/mol. The zero-order chi connectivity index (χ0) is 21.6. The first-order valence-corrected chi connectivity index (χ1v) is 8.99. The fourth-order valence-electron chi connectivity index (χ4n) is 3.72. The third-order valence-electron chi connectivity index (χ3n) is 5.04. The summed E-state index contributed by atoms with van der Waals surface area (Å²) in [5.74, 6) is -2.44. The van der Waals surface area contributed by atoms with Gasteiger partial charge in [-0.05, 0) is 18.2 Å². The molecular weight excluding hydrogens is 392 g/mol. The first kappa shape index (κ1) is 19.2. The van der Waals surface area contributed by atoms with Gasteiger partial charge in [-0.1, -0.05) is 18.2 Å². The number of amides is 2. The normalized spacial score (nSPS) is 20.3. The van der Waals surface area contributed by atoms with Gasteiger partial charge in [0.25, 0.3) is 11.6 Å². The molecule has 0 saturated carbocycles. The SMILES string of the molecule is COc1ccccc1N1C(=O)C2C(C(C)=O)=NN(c3cccc([N+](=O)[O-])c3)C2C1=O. The number of fused-ring (bicyclic) bond motifs is 1. The van der Waals surface area contributed by atoms with Crippen LogP contribution in [-0.2, 0) is 14.4 Å². The number of para-hydroxylation sites is 2. The maximum Gasteiger partial charge on any atom is 0.271 e. The van der Waals surface area contributed by atoms with Crippen molar-refractivity contribution in [1.82, 2.24) is 0 Å². The Morgan fingerprint density at radius 3 is 2.53 bits per heavy atom. The number of nitro groups is 1. The molecule has 2 atom stereocenters. The van der Waals surface area contributed by atoms with E-state index in [0.717, 1.165) is 4.90 Å². The fourth-order valence-corrected chi connectivity index (χ4v) is 3.72. The molecule has 2 aromatic carbocycles. The molecule has 10 nitrogen and oxygen atoms in total. The zero-order valence-electron chi connectivity index (χ0n) is 16.0. The molecule has 4 rings (SSSR count). The lowest BCUT2D eigenvalue weighted by Gasteiger charge is -2.22. The Kier molecular flexibility index (Phi) is 4.53. The highest BCUT2D eigenvalue weighted by atomic mass is 16.6. The van der Waals surface area contributed by atoms with Gasteiger partial charge in [0.1, 0.15) is 23.4 Å². The average Bonchev–Trinajstić information content (AvgIpc) is 3.25. The summed E-state index contributed by atoms with van der Waals surface area (Å²) in [4.78, 5) is 50.3. The lowest BCUT2D eigenvalue weighted by atomic mass is 9.95. The van der Waals surface area contributed by atoms with Crippen LogP contribution in [0.25, 0.3) is 0 Å². The van der Waals surface area contributed by atoms with Crippen molar-refractivity contribution >= 4 is 40.4 Å². The van der Waals surface area contributed by atoms with Crippen LogP contribution in [0.1, 0.15) is 6.92 Å². The number of ketones is 1.